The third-order valence-corrected chi connectivity index (χ3v) is 4.27. The van der Waals surface area contributed by atoms with E-state index < -0.39 is 0 Å². The highest BCUT2D eigenvalue weighted by atomic mass is 16.5. The fourth-order valence-corrected chi connectivity index (χ4v) is 2.92. The number of anilines is 2. The first-order chi connectivity index (χ1) is 13.6. The summed E-state index contributed by atoms with van der Waals surface area (Å²) in [5, 5.41) is 14.2. The molecule has 6 nitrogen and oxygen atoms in total. The van der Waals surface area contributed by atoms with Crippen LogP contribution in [-0.2, 0) is 17.6 Å². The molecule has 0 aliphatic heterocycles. The largest absolute Gasteiger partial charge is 0.496 e. The van der Waals surface area contributed by atoms with Gasteiger partial charge in [0.15, 0.2) is 5.82 Å². The highest BCUT2D eigenvalue weighted by molar-refractivity contribution is 5.91. The number of rotatable bonds is 8. The molecular weight excluding hydrogens is 352 g/mol. The monoisotopic (exact) mass is 376 g/mol. The Balaban J connectivity index is 1.48. The lowest BCUT2D eigenvalue weighted by Gasteiger charge is -2.09. The van der Waals surface area contributed by atoms with E-state index in [0.717, 1.165) is 28.9 Å². The molecule has 1 amide bonds. The van der Waals surface area contributed by atoms with Crippen LogP contribution in [-0.4, -0.2) is 29.8 Å². The van der Waals surface area contributed by atoms with Crippen molar-refractivity contribution in [1.29, 1.82) is 0 Å². The van der Waals surface area contributed by atoms with E-state index in [1.54, 1.807) is 19.2 Å². The van der Waals surface area contributed by atoms with Crippen molar-refractivity contribution in [1.82, 2.24) is 10.2 Å². The average molecular weight is 376 g/mol. The topological polar surface area (TPSA) is 76.1 Å². The minimum atomic E-state index is -0.114. The van der Waals surface area contributed by atoms with Crippen LogP contribution >= 0.6 is 0 Å². The fraction of sp³-hybridized carbons (Fsp3) is 0.227. The number of nitrogens with one attached hydrogen (secondary N) is 2. The maximum atomic E-state index is 12.2. The summed E-state index contributed by atoms with van der Waals surface area (Å²) in [5.41, 5.74) is 3.24. The van der Waals surface area contributed by atoms with Crippen molar-refractivity contribution in [2.75, 3.05) is 24.3 Å². The summed E-state index contributed by atoms with van der Waals surface area (Å²) in [5.74, 6) is 1.86. The average Bonchev–Trinajstić information content (AvgIpc) is 2.69. The van der Waals surface area contributed by atoms with Crippen LogP contribution in [0.3, 0.4) is 0 Å². The molecule has 28 heavy (non-hydrogen) atoms. The van der Waals surface area contributed by atoms with E-state index in [-0.39, 0.29) is 5.91 Å². The summed E-state index contributed by atoms with van der Waals surface area (Å²) >= 11 is 0. The number of para-hydroxylation sites is 1. The predicted octanol–water partition coefficient (Wildman–Crippen LogP) is 3.63. The first-order valence-corrected chi connectivity index (χ1v) is 9.19. The van der Waals surface area contributed by atoms with Crippen molar-refractivity contribution < 1.29 is 9.53 Å². The molecule has 0 radical (unpaired) electrons. The quantitative estimate of drug-likeness (QED) is 0.628. The maximum absolute atomic E-state index is 12.2. The Morgan fingerprint density at radius 2 is 1.79 bits per heavy atom. The number of carbonyl (C=O) groups is 1. The molecule has 144 valence electrons. The third kappa shape index (κ3) is 5.54. The van der Waals surface area contributed by atoms with Crippen LogP contribution in [0.2, 0.25) is 0 Å². The van der Waals surface area contributed by atoms with Gasteiger partial charge in [0, 0.05) is 6.54 Å². The molecule has 3 aromatic rings. The highest BCUT2D eigenvalue weighted by Gasteiger charge is 2.06. The number of aromatic nitrogens is 2. The molecule has 0 saturated heterocycles. The molecule has 3 rings (SSSR count). The van der Waals surface area contributed by atoms with E-state index in [1.807, 2.05) is 55.5 Å². The van der Waals surface area contributed by atoms with E-state index in [4.69, 9.17) is 4.74 Å². The zero-order valence-electron chi connectivity index (χ0n) is 16.1. The van der Waals surface area contributed by atoms with E-state index in [0.29, 0.717) is 24.6 Å². The second-order valence-corrected chi connectivity index (χ2v) is 6.51. The van der Waals surface area contributed by atoms with Gasteiger partial charge >= 0.3 is 0 Å². The SMILES string of the molecule is COc1ccccc1CCNc1ccc(NC(=O)Cc2cccc(C)c2)nn1. The lowest BCUT2D eigenvalue weighted by molar-refractivity contribution is -0.115. The Morgan fingerprint density at radius 1 is 1.00 bits per heavy atom. The summed E-state index contributed by atoms with van der Waals surface area (Å²) in [6.07, 6.45) is 1.11. The Kier molecular flexibility index (Phi) is 6.57. The Hall–Kier alpha value is -3.41. The summed E-state index contributed by atoms with van der Waals surface area (Å²) in [6, 6.07) is 19.4. The molecule has 0 atom stereocenters. The van der Waals surface area contributed by atoms with Crippen molar-refractivity contribution in [2.24, 2.45) is 0 Å². The van der Waals surface area contributed by atoms with Gasteiger partial charge in [0.05, 0.1) is 13.5 Å². The number of nitrogens with zero attached hydrogens (tertiary/aromatic N) is 2. The van der Waals surface area contributed by atoms with Gasteiger partial charge in [0.25, 0.3) is 0 Å². The van der Waals surface area contributed by atoms with Gasteiger partial charge in [-0.1, -0.05) is 48.0 Å². The van der Waals surface area contributed by atoms with Gasteiger partial charge in [-0.3, -0.25) is 4.79 Å². The van der Waals surface area contributed by atoms with E-state index >= 15 is 0 Å². The van der Waals surface area contributed by atoms with Crippen LogP contribution in [0.25, 0.3) is 0 Å². The van der Waals surface area contributed by atoms with Crippen molar-refractivity contribution in [3.8, 4) is 5.75 Å². The molecule has 0 aliphatic rings. The Morgan fingerprint density at radius 3 is 2.54 bits per heavy atom. The van der Waals surface area contributed by atoms with Gasteiger partial charge in [-0.2, -0.15) is 0 Å². The third-order valence-electron chi connectivity index (χ3n) is 4.27. The number of aryl methyl sites for hydroxylation is 1. The first kappa shape index (κ1) is 19.4. The van der Waals surface area contributed by atoms with Crippen molar-refractivity contribution in [2.45, 2.75) is 19.8 Å². The molecule has 0 spiro atoms. The van der Waals surface area contributed by atoms with Crippen LogP contribution in [0.5, 0.6) is 5.75 Å². The van der Waals surface area contributed by atoms with E-state index in [1.165, 1.54) is 0 Å². The standard InChI is InChI=1S/C22H24N4O2/c1-16-6-5-7-17(14-16)15-22(27)24-21-11-10-20(25-26-21)23-13-12-18-8-3-4-9-19(18)28-2/h3-11,14H,12-13,15H2,1-2H3,(H,23,25)(H,24,26,27). The van der Waals surface area contributed by atoms with Gasteiger partial charge in [-0.05, 0) is 42.7 Å². The molecule has 2 aromatic carbocycles. The molecule has 6 heteroatoms. The zero-order valence-corrected chi connectivity index (χ0v) is 16.1. The maximum Gasteiger partial charge on any atom is 0.229 e. The second kappa shape index (κ2) is 9.50. The molecule has 0 fully saturated rings. The lowest BCUT2D eigenvalue weighted by atomic mass is 10.1. The van der Waals surface area contributed by atoms with Crippen molar-refractivity contribution >= 4 is 17.5 Å². The van der Waals surface area contributed by atoms with Crippen LogP contribution in [0.1, 0.15) is 16.7 Å². The lowest BCUT2D eigenvalue weighted by Crippen LogP contribution is -2.16. The Labute approximate surface area is 165 Å². The fourth-order valence-electron chi connectivity index (χ4n) is 2.92. The van der Waals surface area contributed by atoms with Crippen molar-refractivity contribution in [3.05, 3.63) is 77.4 Å². The van der Waals surface area contributed by atoms with Gasteiger partial charge in [0.2, 0.25) is 5.91 Å². The molecule has 1 heterocycles. The van der Waals surface area contributed by atoms with Crippen LogP contribution < -0.4 is 15.4 Å². The molecule has 0 saturated carbocycles. The molecule has 2 N–H and O–H groups in total. The summed E-state index contributed by atoms with van der Waals surface area (Å²) in [4.78, 5) is 12.2. The summed E-state index contributed by atoms with van der Waals surface area (Å²) in [7, 11) is 1.67. The smallest absolute Gasteiger partial charge is 0.229 e. The zero-order chi connectivity index (χ0) is 19.8. The van der Waals surface area contributed by atoms with Gasteiger partial charge < -0.3 is 15.4 Å². The van der Waals surface area contributed by atoms with Crippen LogP contribution in [0.4, 0.5) is 11.6 Å². The molecule has 0 aliphatic carbocycles. The van der Waals surface area contributed by atoms with Crippen LogP contribution in [0, 0.1) is 6.92 Å². The molecule has 1 aromatic heterocycles. The number of carbonyl (C=O) groups excluding carboxylic acids is 1. The second-order valence-electron chi connectivity index (χ2n) is 6.51. The first-order valence-electron chi connectivity index (χ1n) is 9.19. The van der Waals surface area contributed by atoms with Gasteiger partial charge in [-0.15, -0.1) is 10.2 Å². The minimum absolute atomic E-state index is 0.114. The van der Waals surface area contributed by atoms with E-state index in [2.05, 4.69) is 20.8 Å². The summed E-state index contributed by atoms with van der Waals surface area (Å²) in [6.45, 7) is 2.71. The normalized spacial score (nSPS) is 10.4. The van der Waals surface area contributed by atoms with Crippen molar-refractivity contribution in [3.63, 3.8) is 0 Å². The van der Waals surface area contributed by atoms with Gasteiger partial charge in [-0.25, -0.2) is 0 Å². The number of hydrogen-bond acceptors (Lipinski definition) is 5. The minimum Gasteiger partial charge on any atom is -0.496 e. The number of amides is 1. The predicted molar refractivity (Wildman–Crippen MR) is 111 cm³/mol. The number of hydrogen-bond donors (Lipinski definition) is 2. The van der Waals surface area contributed by atoms with E-state index in [9.17, 15) is 4.79 Å². The molecule has 0 unspecified atom stereocenters. The van der Waals surface area contributed by atoms with Gasteiger partial charge in [0.1, 0.15) is 11.6 Å². The Bertz CT molecular complexity index is 926. The molecular formula is C22H24N4O2. The number of methoxy groups -OCH3 is 1. The van der Waals surface area contributed by atoms with Crippen LogP contribution in [0.15, 0.2) is 60.7 Å². The highest BCUT2D eigenvalue weighted by Crippen LogP contribution is 2.17. The summed E-state index contributed by atoms with van der Waals surface area (Å²) < 4.78 is 5.35. The number of benzene rings is 2. The molecule has 0 bridgehead atoms. The number of ether oxygens (including phenoxy) is 1.